The van der Waals surface area contributed by atoms with E-state index in [0.29, 0.717) is 6.04 Å². The van der Waals surface area contributed by atoms with Crippen molar-refractivity contribution in [3.05, 3.63) is 30.1 Å². The number of hydrogen-bond acceptors (Lipinski definition) is 3. The lowest BCUT2D eigenvalue weighted by Gasteiger charge is -2.24. The Morgan fingerprint density at radius 3 is 3.25 bits per heavy atom. The van der Waals surface area contributed by atoms with E-state index in [-0.39, 0.29) is 0 Å². The Bertz CT molecular complexity index is 299. The summed E-state index contributed by atoms with van der Waals surface area (Å²) in [6, 6.07) is 4.85. The molecular formula is C13H21N3. The maximum Gasteiger partial charge on any atom is 0.0363 e. The number of likely N-dealkylation sites (tertiary alicyclic amines) is 1. The first-order valence-corrected chi connectivity index (χ1v) is 6.20. The van der Waals surface area contributed by atoms with Crippen LogP contribution in [0.2, 0.25) is 0 Å². The van der Waals surface area contributed by atoms with E-state index in [0.717, 1.165) is 6.54 Å². The van der Waals surface area contributed by atoms with Crippen molar-refractivity contribution in [3.63, 3.8) is 0 Å². The molecule has 1 saturated heterocycles. The third-order valence-corrected chi connectivity index (χ3v) is 3.30. The molecular weight excluding hydrogens is 198 g/mol. The Hall–Kier alpha value is -0.930. The summed E-state index contributed by atoms with van der Waals surface area (Å²) in [5.74, 6) is 0. The second kappa shape index (κ2) is 5.97. The Kier molecular flexibility index (Phi) is 4.31. The van der Waals surface area contributed by atoms with Gasteiger partial charge in [-0.1, -0.05) is 6.07 Å². The normalized spacial score (nSPS) is 21.4. The molecule has 1 aliphatic rings. The van der Waals surface area contributed by atoms with Crippen molar-refractivity contribution < 1.29 is 0 Å². The molecule has 2 rings (SSSR count). The van der Waals surface area contributed by atoms with E-state index in [9.17, 15) is 0 Å². The van der Waals surface area contributed by atoms with E-state index in [4.69, 9.17) is 0 Å². The Morgan fingerprint density at radius 2 is 2.50 bits per heavy atom. The first kappa shape index (κ1) is 11.6. The van der Waals surface area contributed by atoms with Gasteiger partial charge in [-0.2, -0.15) is 0 Å². The van der Waals surface area contributed by atoms with Gasteiger partial charge in [0.25, 0.3) is 0 Å². The van der Waals surface area contributed by atoms with Crippen LogP contribution in [-0.2, 0) is 0 Å². The second-order valence-corrected chi connectivity index (χ2v) is 4.44. The number of rotatable bonds is 5. The number of pyridine rings is 1. The summed E-state index contributed by atoms with van der Waals surface area (Å²) >= 11 is 0. The van der Waals surface area contributed by atoms with Crippen LogP contribution in [0.1, 0.15) is 30.9 Å². The van der Waals surface area contributed by atoms with Gasteiger partial charge in [0.15, 0.2) is 0 Å². The molecule has 3 heteroatoms. The van der Waals surface area contributed by atoms with Crippen molar-refractivity contribution in [1.82, 2.24) is 15.2 Å². The minimum Gasteiger partial charge on any atom is -0.320 e. The zero-order valence-electron chi connectivity index (χ0n) is 10.0. The van der Waals surface area contributed by atoms with Gasteiger partial charge in [-0.3, -0.25) is 9.88 Å². The summed E-state index contributed by atoms with van der Waals surface area (Å²) in [5.41, 5.74) is 1.38. The van der Waals surface area contributed by atoms with Crippen LogP contribution < -0.4 is 5.32 Å². The van der Waals surface area contributed by atoms with Gasteiger partial charge in [0, 0.05) is 18.4 Å². The van der Waals surface area contributed by atoms with Crippen LogP contribution in [0.25, 0.3) is 0 Å². The quantitative estimate of drug-likeness (QED) is 0.766. The number of hydrogen-bond donors (Lipinski definition) is 1. The van der Waals surface area contributed by atoms with Gasteiger partial charge < -0.3 is 5.32 Å². The van der Waals surface area contributed by atoms with Crippen molar-refractivity contribution in [2.45, 2.75) is 25.3 Å². The molecule has 0 saturated carbocycles. The lowest BCUT2D eigenvalue weighted by atomic mass is 10.1. The SMILES string of the molecule is CNCCCN1CCCC1c1cccnc1. The second-order valence-electron chi connectivity index (χ2n) is 4.44. The van der Waals surface area contributed by atoms with Crippen molar-refractivity contribution in [3.8, 4) is 0 Å². The van der Waals surface area contributed by atoms with Gasteiger partial charge in [0.05, 0.1) is 0 Å². The third kappa shape index (κ3) is 2.80. The van der Waals surface area contributed by atoms with E-state index in [1.165, 1.54) is 37.9 Å². The Morgan fingerprint density at radius 1 is 1.56 bits per heavy atom. The summed E-state index contributed by atoms with van der Waals surface area (Å²) < 4.78 is 0. The van der Waals surface area contributed by atoms with E-state index >= 15 is 0 Å². The summed E-state index contributed by atoms with van der Waals surface area (Å²) in [6.45, 7) is 3.54. The van der Waals surface area contributed by atoms with Gasteiger partial charge in [0.1, 0.15) is 0 Å². The van der Waals surface area contributed by atoms with Gasteiger partial charge in [-0.25, -0.2) is 0 Å². The van der Waals surface area contributed by atoms with Gasteiger partial charge in [-0.05, 0) is 57.6 Å². The smallest absolute Gasteiger partial charge is 0.0363 e. The fraction of sp³-hybridized carbons (Fsp3) is 0.615. The average Bonchev–Trinajstić information content (AvgIpc) is 2.79. The van der Waals surface area contributed by atoms with Crippen LogP contribution >= 0.6 is 0 Å². The van der Waals surface area contributed by atoms with E-state index in [1.807, 2.05) is 25.5 Å². The predicted molar refractivity (Wildman–Crippen MR) is 66.3 cm³/mol. The number of nitrogens with zero attached hydrogens (tertiary/aromatic N) is 2. The summed E-state index contributed by atoms with van der Waals surface area (Å²) in [7, 11) is 2.02. The van der Waals surface area contributed by atoms with Crippen LogP contribution in [0.15, 0.2) is 24.5 Å². The van der Waals surface area contributed by atoms with Crippen LogP contribution in [0.5, 0.6) is 0 Å². The highest BCUT2D eigenvalue weighted by atomic mass is 15.2. The zero-order chi connectivity index (χ0) is 11.2. The zero-order valence-corrected chi connectivity index (χ0v) is 10.0. The number of aromatic nitrogens is 1. The van der Waals surface area contributed by atoms with Gasteiger partial charge >= 0.3 is 0 Å². The third-order valence-electron chi connectivity index (χ3n) is 3.30. The molecule has 0 aliphatic carbocycles. The molecule has 2 heterocycles. The molecule has 1 atom stereocenters. The predicted octanol–water partition coefficient (Wildman–Crippen LogP) is 1.83. The lowest BCUT2D eigenvalue weighted by Crippen LogP contribution is -2.26. The Balaban J connectivity index is 1.93. The molecule has 0 bridgehead atoms. The van der Waals surface area contributed by atoms with E-state index in [1.54, 1.807) is 0 Å². The summed E-state index contributed by atoms with van der Waals surface area (Å²) in [5, 5.41) is 3.21. The standard InChI is InChI=1S/C13H21N3/c1-14-7-4-10-16-9-3-6-13(16)12-5-2-8-15-11-12/h2,5,8,11,13-14H,3-4,6-7,9-10H2,1H3. The molecule has 0 spiro atoms. The molecule has 1 aliphatic heterocycles. The van der Waals surface area contributed by atoms with Crippen LogP contribution in [0.3, 0.4) is 0 Å². The van der Waals surface area contributed by atoms with Gasteiger partial charge in [0.2, 0.25) is 0 Å². The first-order valence-electron chi connectivity index (χ1n) is 6.20. The van der Waals surface area contributed by atoms with Crippen LogP contribution in [0.4, 0.5) is 0 Å². The molecule has 16 heavy (non-hydrogen) atoms. The molecule has 0 amide bonds. The molecule has 1 N–H and O–H groups in total. The molecule has 0 radical (unpaired) electrons. The molecule has 1 unspecified atom stereocenters. The van der Waals surface area contributed by atoms with E-state index in [2.05, 4.69) is 21.3 Å². The minimum absolute atomic E-state index is 0.602. The highest BCUT2D eigenvalue weighted by Gasteiger charge is 2.25. The molecule has 1 fully saturated rings. The van der Waals surface area contributed by atoms with Crippen LogP contribution in [0, 0.1) is 0 Å². The molecule has 1 aromatic heterocycles. The lowest BCUT2D eigenvalue weighted by molar-refractivity contribution is 0.253. The molecule has 3 nitrogen and oxygen atoms in total. The highest BCUT2D eigenvalue weighted by Crippen LogP contribution is 2.31. The molecule has 0 aromatic carbocycles. The maximum atomic E-state index is 4.22. The topological polar surface area (TPSA) is 28.2 Å². The Labute approximate surface area is 97.9 Å². The van der Waals surface area contributed by atoms with E-state index < -0.39 is 0 Å². The summed E-state index contributed by atoms with van der Waals surface area (Å²) in [4.78, 5) is 6.81. The van der Waals surface area contributed by atoms with Crippen molar-refractivity contribution >= 4 is 0 Å². The number of nitrogens with one attached hydrogen (secondary N) is 1. The molecule has 1 aromatic rings. The largest absolute Gasteiger partial charge is 0.320 e. The molecule has 88 valence electrons. The highest BCUT2D eigenvalue weighted by molar-refractivity contribution is 5.15. The first-order chi connectivity index (χ1) is 7.92. The monoisotopic (exact) mass is 219 g/mol. The summed E-state index contributed by atoms with van der Waals surface area (Å²) in [6.07, 6.45) is 7.70. The maximum absolute atomic E-state index is 4.22. The van der Waals surface area contributed by atoms with Crippen molar-refractivity contribution in [1.29, 1.82) is 0 Å². The van der Waals surface area contributed by atoms with Crippen LogP contribution in [-0.4, -0.2) is 36.6 Å². The fourth-order valence-corrected chi connectivity index (χ4v) is 2.50. The van der Waals surface area contributed by atoms with Gasteiger partial charge in [-0.15, -0.1) is 0 Å². The average molecular weight is 219 g/mol. The minimum atomic E-state index is 0.602. The fourth-order valence-electron chi connectivity index (χ4n) is 2.50. The van der Waals surface area contributed by atoms with Crippen molar-refractivity contribution in [2.24, 2.45) is 0 Å². The van der Waals surface area contributed by atoms with Crippen molar-refractivity contribution in [2.75, 3.05) is 26.7 Å².